The van der Waals surface area contributed by atoms with E-state index in [4.69, 9.17) is 9.47 Å². The van der Waals surface area contributed by atoms with Crippen molar-refractivity contribution in [2.45, 2.75) is 26.3 Å². The molecule has 0 atom stereocenters. The van der Waals surface area contributed by atoms with Crippen molar-refractivity contribution in [3.63, 3.8) is 0 Å². The van der Waals surface area contributed by atoms with Gasteiger partial charge in [0, 0.05) is 11.0 Å². The predicted molar refractivity (Wildman–Crippen MR) is 101 cm³/mol. The molecule has 2 rings (SSSR count). The van der Waals surface area contributed by atoms with Gasteiger partial charge in [-0.25, -0.2) is 0 Å². The number of hydrogen-bond acceptors (Lipinski definition) is 4. The molecule has 0 aliphatic carbocycles. The molecule has 0 saturated carbocycles. The van der Waals surface area contributed by atoms with Crippen LogP contribution in [0.4, 0.5) is 0 Å². The lowest BCUT2D eigenvalue weighted by Crippen LogP contribution is -2.36. The molecule has 1 aliphatic rings. The Bertz CT molecular complexity index is 480. The van der Waals surface area contributed by atoms with Crippen molar-refractivity contribution in [3.8, 4) is 11.5 Å². The van der Waals surface area contributed by atoms with Gasteiger partial charge in [0.2, 0.25) is 0 Å². The van der Waals surface area contributed by atoms with E-state index in [9.17, 15) is 0 Å². The number of methoxy groups -OCH3 is 2. The first-order valence-electron chi connectivity index (χ1n) is 8.01. The minimum Gasteiger partial charge on any atom is -0.493 e. The minimum absolute atomic E-state index is 0. The molecule has 0 radical (unpaired) electrons. The smallest absolute Gasteiger partial charge is 0.161 e. The lowest BCUT2D eigenvalue weighted by molar-refractivity contribution is 0.175. The second-order valence-electron chi connectivity index (χ2n) is 5.83. The average molecular weight is 408 g/mol. The molecule has 1 fully saturated rings. The van der Waals surface area contributed by atoms with E-state index in [0.29, 0.717) is 0 Å². The molecule has 1 N–H and O–H groups in total. The molecule has 1 aromatic rings. The molecule has 1 aliphatic heterocycles. The normalized spacial score (nSPS) is 16.0. The summed E-state index contributed by atoms with van der Waals surface area (Å²) in [6, 6.07) is 4.07. The molecule has 6 heteroatoms. The first kappa shape index (κ1) is 20.6. The van der Waals surface area contributed by atoms with Crippen LogP contribution >= 0.6 is 28.3 Å². The molecule has 1 aromatic carbocycles. The van der Waals surface area contributed by atoms with E-state index in [-0.39, 0.29) is 12.4 Å². The predicted octanol–water partition coefficient (Wildman–Crippen LogP) is 3.71. The summed E-state index contributed by atoms with van der Waals surface area (Å²) in [7, 11) is 3.35. The molecule has 0 unspecified atom stereocenters. The van der Waals surface area contributed by atoms with Crippen LogP contribution in [0.2, 0.25) is 0 Å². The Morgan fingerprint density at radius 3 is 2.35 bits per heavy atom. The van der Waals surface area contributed by atoms with Crippen LogP contribution in [0, 0.1) is 5.92 Å². The molecule has 132 valence electrons. The molecular formula is C17H28BrClN2O2. The molecule has 0 amide bonds. The van der Waals surface area contributed by atoms with E-state index in [1.54, 1.807) is 14.2 Å². The number of ether oxygens (including phenoxy) is 2. The second-order valence-corrected chi connectivity index (χ2v) is 6.68. The largest absolute Gasteiger partial charge is 0.493 e. The lowest BCUT2D eigenvalue weighted by atomic mass is 9.96. The summed E-state index contributed by atoms with van der Waals surface area (Å²) >= 11 is 3.65. The van der Waals surface area contributed by atoms with Crippen molar-refractivity contribution in [2.24, 2.45) is 5.92 Å². The summed E-state index contributed by atoms with van der Waals surface area (Å²) in [5.74, 6) is 2.38. The highest BCUT2D eigenvalue weighted by molar-refractivity contribution is 9.10. The Kier molecular flexibility index (Phi) is 9.29. The lowest BCUT2D eigenvalue weighted by Gasteiger charge is -2.32. The third-order valence-electron chi connectivity index (χ3n) is 4.34. The van der Waals surface area contributed by atoms with Crippen molar-refractivity contribution in [2.75, 3.05) is 40.4 Å². The van der Waals surface area contributed by atoms with Crippen LogP contribution in [-0.2, 0) is 6.54 Å². The fourth-order valence-corrected chi connectivity index (χ4v) is 3.40. The SMILES string of the molecule is CCNCC1CCN(Cc2cc(OC)c(OC)cc2Br)CC1.Cl. The van der Waals surface area contributed by atoms with E-state index in [0.717, 1.165) is 54.6 Å². The van der Waals surface area contributed by atoms with Crippen molar-refractivity contribution in [1.29, 1.82) is 0 Å². The van der Waals surface area contributed by atoms with Gasteiger partial charge in [0.25, 0.3) is 0 Å². The van der Waals surface area contributed by atoms with Gasteiger partial charge in [-0.15, -0.1) is 12.4 Å². The number of nitrogens with one attached hydrogen (secondary N) is 1. The van der Waals surface area contributed by atoms with Crippen LogP contribution in [0.3, 0.4) is 0 Å². The Morgan fingerprint density at radius 2 is 1.78 bits per heavy atom. The van der Waals surface area contributed by atoms with Crippen molar-refractivity contribution in [1.82, 2.24) is 10.2 Å². The van der Waals surface area contributed by atoms with E-state index in [1.807, 2.05) is 6.07 Å². The summed E-state index contributed by atoms with van der Waals surface area (Å²) in [6.07, 6.45) is 2.55. The van der Waals surface area contributed by atoms with E-state index < -0.39 is 0 Å². The first-order chi connectivity index (χ1) is 10.7. The number of rotatable bonds is 7. The zero-order valence-electron chi connectivity index (χ0n) is 14.2. The highest BCUT2D eigenvalue weighted by atomic mass is 79.9. The Hall–Kier alpha value is -0.490. The zero-order chi connectivity index (χ0) is 15.9. The monoisotopic (exact) mass is 406 g/mol. The first-order valence-corrected chi connectivity index (χ1v) is 8.80. The molecule has 23 heavy (non-hydrogen) atoms. The van der Waals surface area contributed by atoms with Gasteiger partial charge in [0.1, 0.15) is 0 Å². The fraction of sp³-hybridized carbons (Fsp3) is 0.647. The van der Waals surface area contributed by atoms with Gasteiger partial charge in [-0.1, -0.05) is 22.9 Å². The number of hydrogen-bond donors (Lipinski definition) is 1. The van der Waals surface area contributed by atoms with Crippen molar-refractivity contribution in [3.05, 3.63) is 22.2 Å². The highest BCUT2D eigenvalue weighted by Gasteiger charge is 2.20. The molecule has 4 nitrogen and oxygen atoms in total. The Balaban J connectivity index is 0.00000264. The van der Waals surface area contributed by atoms with Crippen LogP contribution < -0.4 is 14.8 Å². The van der Waals surface area contributed by atoms with Crippen molar-refractivity contribution < 1.29 is 9.47 Å². The van der Waals surface area contributed by atoms with Crippen molar-refractivity contribution >= 4 is 28.3 Å². The number of nitrogens with zero attached hydrogens (tertiary/aromatic N) is 1. The zero-order valence-corrected chi connectivity index (χ0v) is 16.6. The average Bonchev–Trinajstić information content (AvgIpc) is 2.55. The summed E-state index contributed by atoms with van der Waals surface area (Å²) in [6.45, 7) is 7.68. The summed E-state index contributed by atoms with van der Waals surface area (Å²) in [5, 5.41) is 3.46. The van der Waals surface area contributed by atoms with Crippen LogP contribution in [0.15, 0.2) is 16.6 Å². The molecule has 0 spiro atoms. The molecule has 1 heterocycles. The maximum Gasteiger partial charge on any atom is 0.161 e. The van der Waals surface area contributed by atoms with Gasteiger partial charge in [0.05, 0.1) is 14.2 Å². The molecule has 1 saturated heterocycles. The van der Waals surface area contributed by atoms with Gasteiger partial charge in [-0.3, -0.25) is 4.90 Å². The number of benzene rings is 1. The van der Waals surface area contributed by atoms with E-state index in [2.05, 4.69) is 39.1 Å². The fourth-order valence-electron chi connectivity index (χ4n) is 2.96. The molecule has 0 bridgehead atoms. The van der Waals surface area contributed by atoms with Crippen LogP contribution in [-0.4, -0.2) is 45.3 Å². The highest BCUT2D eigenvalue weighted by Crippen LogP contribution is 2.34. The number of piperidine rings is 1. The summed E-state index contributed by atoms with van der Waals surface area (Å²) in [4.78, 5) is 2.52. The Morgan fingerprint density at radius 1 is 1.17 bits per heavy atom. The quantitative estimate of drug-likeness (QED) is 0.747. The van der Waals surface area contributed by atoms with Gasteiger partial charge in [0.15, 0.2) is 11.5 Å². The van der Waals surface area contributed by atoms with E-state index >= 15 is 0 Å². The van der Waals surface area contributed by atoms with Crippen LogP contribution in [0.5, 0.6) is 11.5 Å². The van der Waals surface area contributed by atoms with Gasteiger partial charge < -0.3 is 14.8 Å². The number of halogens is 2. The maximum absolute atomic E-state index is 5.41. The standard InChI is InChI=1S/C17H27BrN2O2.ClH/c1-4-19-11-13-5-7-20(8-6-13)12-14-9-16(21-2)17(22-3)10-15(14)18;/h9-10,13,19H,4-8,11-12H2,1-3H3;1H. The molecule has 0 aromatic heterocycles. The maximum atomic E-state index is 5.41. The number of likely N-dealkylation sites (tertiary alicyclic amines) is 1. The third kappa shape index (κ3) is 5.82. The van der Waals surface area contributed by atoms with Gasteiger partial charge >= 0.3 is 0 Å². The topological polar surface area (TPSA) is 33.7 Å². The van der Waals surface area contributed by atoms with Gasteiger partial charge in [-0.2, -0.15) is 0 Å². The summed E-state index contributed by atoms with van der Waals surface area (Å²) < 4.78 is 11.8. The Labute approximate surface area is 154 Å². The van der Waals surface area contributed by atoms with Gasteiger partial charge in [-0.05, 0) is 62.6 Å². The third-order valence-corrected chi connectivity index (χ3v) is 5.07. The summed E-state index contributed by atoms with van der Waals surface area (Å²) in [5.41, 5.74) is 1.25. The van der Waals surface area contributed by atoms with Crippen LogP contribution in [0.1, 0.15) is 25.3 Å². The minimum atomic E-state index is 0. The molecular weight excluding hydrogens is 380 g/mol. The van der Waals surface area contributed by atoms with Crippen LogP contribution in [0.25, 0.3) is 0 Å². The van der Waals surface area contributed by atoms with E-state index in [1.165, 1.54) is 18.4 Å². The second kappa shape index (κ2) is 10.4.